The summed E-state index contributed by atoms with van der Waals surface area (Å²) >= 11 is 0. The predicted octanol–water partition coefficient (Wildman–Crippen LogP) is 1.29. The Morgan fingerprint density at radius 2 is 2.27 bits per heavy atom. The molecule has 60 valence electrons. The maximum Gasteiger partial charge on any atom is 0.131 e. The van der Waals surface area contributed by atoms with Crippen molar-refractivity contribution >= 4 is 0 Å². The minimum atomic E-state index is -0.313. The number of halogens is 1. The zero-order valence-corrected chi connectivity index (χ0v) is 6.30. The molecule has 11 heavy (non-hydrogen) atoms. The highest BCUT2D eigenvalue weighted by molar-refractivity contribution is 5.28. The zero-order valence-electron chi connectivity index (χ0n) is 6.30. The number of hydrogen-bond acceptors (Lipinski definition) is 2. The Hall–Kier alpha value is -1.09. The summed E-state index contributed by atoms with van der Waals surface area (Å²) < 4.78 is 17.7. The lowest BCUT2D eigenvalue weighted by atomic mass is 10.2. The van der Waals surface area contributed by atoms with Crippen LogP contribution in [0.5, 0.6) is 5.75 Å². The standard InChI is InChI=1S/C8H10FNO/c1-11-7-3-2-6(5-10)8(9)4-7/h2-4H,5,10H2,1H3. The number of nitrogens with two attached hydrogens (primary N) is 1. The number of ether oxygens (including phenoxy) is 1. The van der Waals surface area contributed by atoms with Crippen LogP contribution in [0.3, 0.4) is 0 Å². The molecular weight excluding hydrogens is 145 g/mol. The lowest BCUT2D eigenvalue weighted by molar-refractivity contribution is 0.410. The van der Waals surface area contributed by atoms with Crippen LogP contribution in [-0.4, -0.2) is 7.11 Å². The van der Waals surface area contributed by atoms with Crippen molar-refractivity contribution in [3.63, 3.8) is 0 Å². The molecule has 0 saturated heterocycles. The molecule has 0 aliphatic heterocycles. The maximum atomic E-state index is 12.9. The van der Waals surface area contributed by atoms with Crippen LogP contribution in [0.15, 0.2) is 18.2 Å². The van der Waals surface area contributed by atoms with E-state index in [1.54, 1.807) is 12.1 Å². The summed E-state index contributed by atoms with van der Waals surface area (Å²) in [4.78, 5) is 0. The third-order valence-corrected chi connectivity index (χ3v) is 1.48. The van der Waals surface area contributed by atoms with E-state index < -0.39 is 0 Å². The quantitative estimate of drug-likeness (QED) is 0.698. The van der Waals surface area contributed by atoms with E-state index in [4.69, 9.17) is 10.5 Å². The van der Waals surface area contributed by atoms with Crippen molar-refractivity contribution < 1.29 is 9.13 Å². The van der Waals surface area contributed by atoms with Crippen LogP contribution in [0, 0.1) is 5.82 Å². The number of rotatable bonds is 2. The SMILES string of the molecule is COc1ccc(CN)c(F)c1. The monoisotopic (exact) mass is 155 g/mol. The van der Waals surface area contributed by atoms with E-state index in [0.29, 0.717) is 11.3 Å². The molecule has 1 aromatic carbocycles. The highest BCUT2D eigenvalue weighted by Gasteiger charge is 2.00. The van der Waals surface area contributed by atoms with Gasteiger partial charge in [-0.25, -0.2) is 4.39 Å². The summed E-state index contributed by atoms with van der Waals surface area (Å²) in [7, 11) is 1.50. The van der Waals surface area contributed by atoms with Crippen molar-refractivity contribution in [2.24, 2.45) is 5.73 Å². The van der Waals surface area contributed by atoms with Gasteiger partial charge >= 0.3 is 0 Å². The summed E-state index contributed by atoms with van der Waals surface area (Å²) in [6.07, 6.45) is 0. The minimum absolute atomic E-state index is 0.218. The van der Waals surface area contributed by atoms with Gasteiger partial charge in [0.25, 0.3) is 0 Å². The minimum Gasteiger partial charge on any atom is -0.497 e. The molecule has 0 spiro atoms. The van der Waals surface area contributed by atoms with Crippen molar-refractivity contribution in [1.29, 1.82) is 0 Å². The van der Waals surface area contributed by atoms with Gasteiger partial charge in [0.05, 0.1) is 7.11 Å². The second kappa shape index (κ2) is 3.34. The maximum absolute atomic E-state index is 12.9. The fourth-order valence-electron chi connectivity index (χ4n) is 0.821. The average Bonchev–Trinajstić information content (AvgIpc) is 2.04. The van der Waals surface area contributed by atoms with Crippen LogP contribution in [0.2, 0.25) is 0 Å². The first kappa shape index (κ1) is 8.01. The Morgan fingerprint density at radius 3 is 2.73 bits per heavy atom. The van der Waals surface area contributed by atoms with Gasteiger partial charge < -0.3 is 10.5 Å². The molecule has 0 heterocycles. The van der Waals surface area contributed by atoms with E-state index in [-0.39, 0.29) is 12.4 Å². The molecule has 0 radical (unpaired) electrons. The highest BCUT2D eigenvalue weighted by Crippen LogP contribution is 2.15. The smallest absolute Gasteiger partial charge is 0.131 e. The second-order valence-electron chi connectivity index (χ2n) is 2.16. The number of methoxy groups -OCH3 is 1. The molecule has 2 nitrogen and oxygen atoms in total. The molecule has 0 unspecified atom stereocenters. The Morgan fingerprint density at radius 1 is 1.55 bits per heavy atom. The molecular formula is C8H10FNO. The molecule has 0 fully saturated rings. The van der Waals surface area contributed by atoms with Crippen molar-refractivity contribution in [3.8, 4) is 5.75 Å². The van der Waals surface area contributed by atoms with Gasteiger partial charge in [-0.15, -0.1) is 0 Å². The van der Waals surface area contributed by atoms with E-state index in [9.17, 15) is 4.39 Å². The van der Waals surface area contributed by atoms with Gasteiger partial charge in [0, 0.05) is 18.2 Å². The summed E-state index contributed by atoms with van der Waals surface area (Å²) in [6.45, 7) is 0.218. The molecule has 2 N–H and O–H groups in total. The topological polar surface area (TPSA) is 35.2 Å². The predicted molar refractivity (Wildman–Crippen MR) is 40.8 cm³/mol. The van der Waals surface area contributed by atoms with Crippen LogP contribution in [0.4, 0.5) is 4.39 Å². The molecule has 0 aromatic heterocycles. The zero-order chi connectivity index (χ0) is 8.27. The van der Waals surface area contributed by atoms with Crippen LogP contribution in [0.25, 0.3) is 0 Å². The van der Waals surface area contributed by atoms with E-state index in [2.05, 4.69) is 0 Å². The summed E-state index contributed by atoms with van der Waals surface area (Å²) in [5, 5.41) is 0. The summed E-state index contributed by atoms with van der Waals surface area (Å²) in [5.74, 6) is 0.201. The first-order valence-electron chi connectivity index (χ1n) is 3.30. The van der Waals surface area contributed by atoms with Crippen molar-refractivity contribution in [1.82, 2.24) is 0 Å². The third kappa shape index (κ3) is 1.68. The van der Waals surface area contributed by atoms with Crippen LogP contribution < -0.4 is 10.5 Å². The average molecular weight is 155 g/mol. The molecule has 0 aliphatic carbocycles. The van der Waals surface area contributed by atoms with Crippen molar-refractivity contribution in [2.45, 2.75) is 6.54 Å². The van der Waals surface area contributed by atoms with Gasteiger partial charge in [-0.2, -0.15) is 0 Å². The molecule has 1 aromatic rings. The van der Waals surface area contributed by atoms with Gasteiger partial charge in [0.2, 0.25) is 0 Å². The summed E-state index contributed by atoms with van der Waals surface area (Å²) in [5.41, 5.74) is 5.77. The highest BCUT2D eigenvalue weighted by atomic mass is 19.1. The van der Waals surface area contributed by atoms with Gasteiger partial charge in [-0.05, 0) is 6.07 Å². The van der Waals surface area contributed by atoms with E-state index >= 15 is 0 Å². The van der Waals surface area contributed by atoms with Gasteiger partial charge in [0.15, 0.2) is 0 Å². The number of benzene rings is 1. The molecule has 3 heteroatoms. The van der Waals surface area contributed by atoms with Crippen molar-refractivity contribution in [2.75, 3.05) is 7.11 Å². The van der Waals surface area contributed by atoms with Gasteiger partial charge in [-0.3, -0.25) is 0 Å². The summed E-state index contributed by atoms with van der Waals surface area (Å²) in [6, 6.07) is 4.63. The fourth-order valence-corrected chi connectivity index (χ4v) is 0.821. The molecule has 0 bridgehead atoms. The third-order valence-electron chi connectivity index (χ3n) is 1.48. The van der Waals surface area contributed by atoms with Crippen LogP contribution >= 0.6 is 0 Å². The van der Waals surface area contributed by atoms with Gasteiger partial charge in [0.1, 0.15) is 11.6 Å². The normalized spacial score (nSPS) is 9.73. The van der Waals surface area contributed by atoms with E-state index in [1.165, 1.54) is 13.2 Å². The Labute approximate surface area is 64.8 Å². The Balaban J connectivity index is 2.99. The number of hydrogen-bond donors (Lipinski definition) is 1. The Kier molecular flexibility index (Phi) is 2.44. The van der Waals surface area contributed by atoms with Crippen LogP contribution in [-0.2, 0) is 6.54 Å². The molecule has 0 atom stereocenters. The molecule has 0 aliphatic rings. The van der Waals surface area contributed by atoms with Crippen molar-refractivity contribution in [3.05, 3.63) is 29.6 Å². The first-order valence-corrected chi connectivity index (χ1v) is 3.30. The van der Waals surface area contributed by atoms with Crippen LogP contribution in [0.1, 0.15) is 5.56 Å². The van der Waals surface area contributed by atoms with E-state index in [0.717, 1.165) is 0 Å². The molecule has 0 saturated carbocycles. The lowest BCUT2D eigenvalue weighted by Crippen LogP contribution is -1.99. The van der Waals surface area contributed by atoms with E-state index in [1.807, 2.05) is 0 Å². The molecule has 0 amide bonds. The second-order valence-corrected chi connectivity index (χ2v) is 2.16. The fraction of sp³-hybridized carbons (Fsp3) is 0.250. The molecule has 1 rings (SSSR count). The first-order chi connectivity index (χ1) is 5.27. The Bertz CT molecular complexity index is 250. The van der Waals surface area contributed by atoms with Gasteiger partial charge in [-0.1, -0.05) is 6.07 Å². The lowest BCUT2D eigenvalue weighted by Gasteiger charge is -2.02. The largest absolute Gasteiger partial charge is 0.497 e.